The Labute approximate surface area is 166 Å². The first-order valence-corrected chi connectivity index (χ1v) is 13.0. The van der Waals surface area contributed by atoms with E-state index in [1.54, 1.807) is 0 Å². The Hall–Kier alpha value is -1.17. The van der Waals surface area contributed by atoms with Crippen LogP contribution in [-0.4, -0.2) is 26.5 Å². The van der Waals surface area contributed by atoms with Crippen LogP contribution in [-0.2, 0) is 10.8 Å². The van der Waals surface area contributed by atoms with Crippen molar-refractivity contribution in [2.75, 3.05) is 18.5 Å². The number of benzene rings is 1. The van der Waals surface area contributed by atoms with Gasteiger partial charge >= 0.3 is 0 Å². The molecule has 0 radical (unpaired) electrons. The Morgan fingerprint density at radius 2 is 1.85 bits per heavy atom. The van der Waals surface area contributed by atoms with E-state index in [2.05, 4.69) is 91.5 Å². The van der Waals surface area contributed by atoms with E-state index in [-0.39, 0.29) is 5.04 Å². The van der Waals surface area contributed by atoms with Crippen LogP contribution in [0, 0.1) is 5.92 Å². The van der Waals surface area contributed by atoms with Crippen molar-refractivity contribution in [2.24, 2.45) is 5.92 Å². The van der Waals surface area contributed by atoms with Crippen molar-refractivity contribution in [3.8, 4) is 11.3 Å². The first-order valence-electron chi connectivity index (χ1n) is 9.29. The van der Waals surface area contributed by atoms with Crippen molar-refractivity contribution in [1.29, 1.82) is 0 Å². The van der Waals surface area contributed by atoms with E-state index < -0.39 is 8.32 Å². The molecule has 3 rings (SSSR count). The van der Waals surface area contributed by atoms with Crippen LogP contribution in [0.1, 0.15) is 26.5 Å². The molecule has 140 valence electrons. The standard InChI is InChI=1S/C21H29BrN2OSi/c1-21(2,3)26(4,5)25-14-15-12-20-19(23-13-15)11-10-18(24-20)16-6-8-17(22)9-7-16/h6-11,15,23H,12-14H2,1-5H3. The average molecular weight is 433 g/mol. The lowest BCUT2D eigenvalue weighted by atomic mass is 9.98. The summed E-state index contributed by atoms with van der Waals surface area (Å²) in [4.78, 5) is 4.93. The van der Waals surface area contributed by atoms with Crippen molar-refractivity contribution in [3.05, 3.63) is 46.6 Å². The van der Waals surface area contributed by atoms with Crippen LogP contribution < -0.4 is 5.32 Å². The highest BCUT2D eigenvalue weighted by Crippen LogP contribution is 2.37. The van der Waals surface area contributed by atoms with Gasteiger partial charge in [0.15, 0.2) is 8.32 Å². The smallest absolute Gasteiger partial charge is 0.191 e. The molecule has 5 heteroatoms. The molecule has 1 atom stereocenters. The van der Waals surface area contributed by atoms with Crippen LogP contribution >= 0.6 is 15.9 Å². The van der Waals surface area contributed by atoms with Gasteiger partial charge in [0.05, 0.1) is 17.1 Å². The van der Waals surface area contributed by atoms with Gasteiger partial charge in [-0.05, 0) is 48.8 Å². The summed E-state index contributed by atoms with van der Waals surface area (Å²) in [6, 6.07) is 12.6. The van der Waals surface area contributed by atoms with E-state index in [1.807, 2.05) is 0 Å². The Morgan fingerprint density at radius 1 is 1.15 bits per heavy atom. The van der Waals surface area contributed by atoms with E-state index in [1.165, 1.54) is 0 Å². The largest absolute Gasteiger partial charge is 0.416 e. The average Bonchev–Trinajstić information content (AvgIpc) is 2.59. The van der Waals surface area contributed by atoms with Crippen molar-refractivity contribution < 1.29 is 4.43 Å². The topological polar surface area (TPSA) is 34.1 Å². The second-order valence-electron chi connectivity index (χ2n) is 8.72. The molecule has 0 bridgehead atoms. The predicted molar refractivity (Wildman–Crippen MR) is 116 cm³/mol. The van der Waals surface area contributed by atoms with Crippen molar-refractivity contribution in [1.82, 2.24) is 4.98 Å². The van der Waals surface area contributed by atoms with Crippen molar-refractivity contribution in [2.45, 2.75) is 45.3 Å². The van der Waals surface area contributed by atoms with Gasteiger partial charge in [-0.1, -0.05) is 48.8 Å². The molecule has 1 aliphatic rings. The number of nitrogens with zero attached hydrogens (tertiary/aromatic N) is 1. The summed E-state index contributed by atoms with van der Waals surface area (Å²) in [5, 5.41) is 3.79. The fraction of sp³-hybridized carbons (Fsp3) is 0.476. The third-order valence-electron chi connectivity index (χ3n) is 5.66. The fourth-order valence-electron chi connectivity index (χ4n) is 2.86. The molecule has 0 amide bonds. The molecule has 1 unspecified atom stereocenters. The van der Waals surface area contributed by atoms with Gasteiger partial charge in [-0.2, -0.15) is 0 Å². The number of aromatic nitrogens is 1. The monoisotopic (exact) mass is 432 g/mol. The Morgan fingerprint density at radius 3 is 2.50 bits per heavy atom. The summed E-state index contributed by atoms with van der Waals surface area (Å²) in [7, 11) is -1.70. The van der Waals surface area contributed by atoms with Gasteiger partial charge < -0.3 is 9.74 Å². The number of hydrogen-bond acceptors (Lipinski definition) is 3. The highest BCUT2D eigenvalue weighted by molar-refractivity contribution is 9.10. The molecular formula is C21H29BrN2OSi. The van der Waals surface area contributed by atoms with Gasteiger partial charge in [-0.15, -0.1) is 0 Å². The Balaban J connectivity index is 1.71. The van der Waals surface area contributed by atoms with Gasteiger partial charge in [-0.3, -0.25) is 4.98 Å². The summed E-state index contributed by atoms with van der Waals surface area (Å²) in [6.45, 7) is 13.3. The van der Waals surface area contributed by atoms with Crippen molar-refractivity contribution >= 4 is 29.9 Å². The third kappa shape index (κ3) is 4.38. The molecule has 1 aromatic carbocycles. The second-order valence-corrected chi connectivity index (χ2v) is 14.4. The molecule has 26 heavy (non-hydrogen) atoms. The normalized spacial score (nSPS) is 17.5. The lowest BCUT2D eigenvalue weighted by Crippen LogP contribution is -2.43. The maximum absolute atomic E-state index is 6.44. The Bertz CT molecular complexity index is 769. The lowest BCUT2D eigenvalue weighted by Gasteiger charge is -2.38. The summed E-state index contributed by atoms with van der Waals surface area (Å²) < 4.78 is 7.53. The zero-order chi connectivity index (χ0) is 18.9. The van der Waals surface area contributed by atoms with E-state index in [9.17, 15) is 0 Å². The van der Waals surface area contributed by atoms with Crippen LogP contribution in [0.25, 0.3) is 11.3 Å². The summed E-state index contributed by atoms with van der Waals surface area (Å²) >= 11 is 3.49. The molecule has 0 spiro atoms. The molecule has 3 nitrogen and oxygen atoms in total. The van der Waals surface area contributed by atoms with Gasteiger partial charge in [0.25, 0.3) is 0 Å². The third-order valence-corrected chi connectivity index (χ3v) is 10.7. The van der Waals surface area contributed by atoms with Crippen LogP contribution in [0.5, 0.6) is 0 Å². The molecule has 1 N–H and O–H groups in total. The molecule has 0 saturated carbocycles. The Kier molecular flexibility index (Phi) is 5.61. The molecule has 0 fully saturated rings. The maximum atomic E-state index is 6.44. The molecule has 2 heterocycles. The molecule has 1 aromatic heterocycles. The van der Waals surface area contributed by atoms with Crippen LogP contribution in [0.2, 0.25) is 18.1 Å². The molecule has 2 aromatic rings. The number of halogens is 1. The van der Waals surface area contributed by atoms with Gasteiger partial charge in [0.1, 0.15) is 0 Å². The summed E-state index contributed by atoms with van der Waals surface area (Å²) in [6.07, 6.45) is 0.974. The van der Waals surface area contributed by atoms with Crippen LogP contribution in [0.15, 0.2) is 40.9 Å². The zero-order valence-corrected chi connectivity index (χ0v) is 19.0. The molecular weight excluding hydrogens is 404 g/mol. The zero-order valence-electron chi connectivity index (χ0n) is 16.4. The minimum Gasteiger partial charge on any atom is -0.416 e. The number of pyridine rings is 1. The van der Waals surface area contributed by atoms with E-state index in [0.717, 1.165) is 46.7 Å². The number of rotatable bonds is 4. The first kappa shape index (κ1) is 19.6. The lowest BCUT2D eigenvalue weighted by molar-refractivity contribution is 0.230. The second kappa shape index (κ2) is 7.45. The molecule has 1 aliphatic heterocycles. The maximum Gasteiger partial charge on any atom is 0.191 e. The molecule has 0 aliphatic carbocycles. The highest BCUT2D eigenvalue weighted by atomic mass is 79.9. The minimum atomic E-state index is -1.70. The van der Waals surface area contributed by atoms with E-state index in [0.29, 0.717) is 5.92 Å². The summed E-state index contributed by atoms with van der Waals surface area (Å²) in [5.74, 6) is 0.476. The van der Waals surface area contributed by atoms with Gasteiger partial charge in [0.2, 0.25) is 0 Å². The number of anilines is 1. The number of hydrogen-bond donors (Lipinski definition) is 1. The van der Waals surface area contributed by atoms with Gasteiger partial charge in [0, 0.05) is 29.1 Å². The van der Waals surface area contributed by atoms with E-state index in [4.69, 9.17) is 9.41 Å². The fourth-order valence-corrected chi connectivity index (χ4v) is 4.21. The SMILES string of the molecule is CC(C)(C)[Si](C)(C)OCC1CNc2ccc(-c3ccc(Br)cc3)nc2C1. The van der Waals surface area contributed by atoms with Crippen molar-refractivity contribution in [3.63, 3.8) is 0 Å². The predicted octanol–water partition coefficient (Wildman–Crippen LogP) is 6.12. The van der Waals surface area contributed by atoms with Crippen LogP contribution in [0.4, 0.5) is 5.69 Å². The number of fused-ring (bicyclic) bond motifs is 1. The summed E-state index contributed by atoms with van der Waals surface area (Å²) in [5.41, 5.74) is 4.49. The van der Waals surface area contributed by atoms with Crippen LogP contribution in [0.3, 0.4) is 0 Å². The first-order chi connectivity index (χ1) is 12.2. The van der Waals surface area contributed by atoms with Gasteiger partial charge in [-0.25, -0.2) is 0 Å². The minimum absolute atomic E-state index is 0.250. The number of nitrogens with one attached hydrogen (secondary N) is 1. The van der Waals surface area contributed by atoms with E-state index >= 15 is 0 Å². The highest BCUT2D eigenvalue weighted by Gasteiger charge is 2.37. The quantitative estimate of drug-likeness (QED) is 0.590. The molecule has 0 saturated heterocycles.